The highest BCUT2D eigenvalue weighted by molar-refractivity contribution is 5.28. The number of ether oxygens (including phenoxy) is 1. The Morgan fingerprint density at radius 1 is 1.53 bits per heavy atom. The van der Waals surface area contributed by atoms with Gasteiger partial charge in [-0.15, -0.1) is 0 Å². The van der Waals surface area contributed by atoms with Gasteiger partial charge in [-0.05, 0) is 55.9 Å². The largest absolute Gasteiger partial charge is 0.494 e. The average Bonchev–Trinajstić information content (AvgIpc) is 2.76. The number of aryl methyl sites for hydroxylation is 1. The molecule has 3 N–H and O–H groups in total. The molecular weight excluding hydrogens is 245 g/mol. The lowest BCUT2D eigenvalue weighted by Crippen LogP contribution is -2.41. The Kier molecular flexibility index (Phi) is 4.42. The highest BCUT2D eigenvalue weighted by Crippen LogP contribution is 2.37. The zero-order chi connectivity index (χ0) is 13.9. The lowest BCUT2D eigenvalue weighted by molar-refractivity contribution is 0.00354. The van der Waals surface area contributed by atoms with E-state index in [1.54, 1.807) is 19.1 Å². The first-order chi connectivity index (χ1) is 9.05. The Morgan fingerprint density at radius 2 is 2.32 bits per heavy atom. The van der Waals surface area contributed by atoms with Crippen LogP contribution < -0.4 is 10.5 Å². The van der Waals surface area contributed by atoms with Gasteiger partial charge in [-0.2, -0.15) is 0 Å². The number of aliphatic hydroxyl groups is 1. The van der Waals surface area contributed by atoms with Crippen LogP contribution in [0, 0.1) is 18.7 Å². The molecule has 0 bridgehead atoms. The van der Waals surface area contributed by atoms with Crippen molar-refractivity contribution in [2.75, 3.05) is 13.2 Å². The predicted octanol–water partition coefficient (Wildman–Crippen LogP) is 2.39. The Bertz CT molecular complexity index is 438. The molecule has 0 aromatic heterocycles. The zero-order valence-corrected chi connectivity index (χ0v) is 11.4. The Morgan fingerprint density at radius 3 is 3.00 bits per heavy atom. The normalized spacial score (nSPS) is 26.6. The maximum atomic E-state index is 13.1. The van der Waals surface area contributed by atoms with Crippen LogP contribution in [0.1, 0.15) is 31.2 Å². The third-order valence-corrected chi connectivity index (χ3v) is 4.14. The monoisotopic (exact) mass is 267 g/mol. The van der Waals surface area contributed by atoms with Crippen LogP contribution in [0.5, 0.6) is 5.75 Å². The molecule has 106 valence electrons. The van der Waals surface area contributed by atoms with E-state index in [4.69, 9.17) is 10.5 Å². The third kappa shape index (κ3) is 3.25. The maximum absolute atomic E-state index is 13.1. The molecule has 1 fully saturated rings. The fourth-order valence-electron chi connectivity index (χ4n) is 2.84. The van der Waals surface area contributed by atoms with E-state index in [0.717, 1.165) is 25.7 Å². The van der Waals surface area contributed by atoms with E-state index >= 15 is 0 Å². The highest BCUT2D eigenvalue weighted by Gasteiger charge is 2.39. The van der Waals surface area contributed by atoms with Gasteiger partial charge in [-0.1, -0.05) is 6.42 Å². The molecule has 0 heterocycles. The second-order valence-electron chi connectivity index (χ2n) is 5.44. The van der Waals surface area contributed by atoms with Crippen LogP contribution in [0.2, 0.25) is 0 Å². The molecule has 2 rings (SSSR count). The molecule has 0 spiro atoms. The van der Waals surface area contributed by atoms with Gasteiger partial charge in [0.1, 0.15) is 11.6 Å². The molecule has 2 unspecified atom stereocenters. The van der Waals surface area contributed by atoms with Crippen molar-refractivity contribution < 1.29 is 14.2 Å². The van der Waals surface area contributed by atoms with Crippen molar-refractivity contribution in [3.05, 3.63) is 29.6 Å². The smallest absolute Gasteiger partial charge is 0.126 e. The van der Waals surface area contributed by atoms with Crippen molar-refractivity contribution in [1.29, 1.82) is 0 Å². The van der Waals surface area contributed by atoms with Crippen LogP contribution in [-0.4, -0.2) is 23.9 Å². The fraction of sp³-hybridized carbons (Fsp3) is 0.600. The average molecular weight is 267 g/mol. The van der Waals surface area contributed by atoms with Gasteiger partial charge >= 0.3 is 0 Å². The number of benzene rings is 1. The Labute approximate surface area is 113 Å². The molecule has 1 aliphatic carbocycles. The minimum Gasteiger partial charge on any atom is -0.494 e. The van der Waals surface area contributed by atoms with Crippen LogP contribution in [0.25, 0.3) is 0 Å². The summed E-state index contributed by atoms with van der Waals surface area (Å²) in [5, 5.41) is 10.3. The van der Waals surface area contributed by atoms with Crippen molar-refractivity contribution in [1.82, 2.24) is 0 Å². The van der Waals surface area contributed by atoms with E-state index in [2.05, 4.69) is 0 Å². The van der Waals surface area contributed by atoms with Gasteiger partial charge in [-0.3, -0.25) is 0 Å². The van der Waals surface area contributed by atoms with E-state index in [1.807, 2.05) is 0 Å². The quantitative estimate of drug-likeness (QED) is 0.861. The Hall–Kier alpha value is -1.13. The third-order valence-electron chi connectivity index (χ3n) is 4.14. The van der Waals surface area contributed by atoms with Gasteiger partial charge in [0, 0.05) is 6.54 Å². The van der Waals surface area contributed by atoms with Gasteiger partial charge in [-0.25, -0.2) is 4.39 Å². The molecule has 19 heavy (non-hydrogen) atoms. The van der Waals surface area contributed by atoms with Crippen molar-refractivity contribution in [3.63, 3.8) is 0 Å². The van der Waals surface area contributed by atoms with Crippen LogP contribution in [0.15, 0.2) is 18.2 Å². The van der Waals surface area contributed by atoms with Gasteiger partial charge in [0.15, 0.2) is 0 Å². The van der Waals surface area contributed by atoms with Gasteiger partial charge in [0.05, 0.1) is 12.2 Å². The minimum absolute atomic E-state index is 0.207. The van der Waals surface area contributed by atoms with E-state index in [-0.39, 0.29) is 11.7 Å². The molecule has 3 nitrogen and oxygen atoms in total. The molecular formula is C15H22FNO2. The summed E-state index contributed by atoms with van der Waals surface area (Å²) in [4.78, 5) is 0. The van der Waals surface area contributed by atoms with E-state index < -0.39 is 5.60 Å². The molecule has 1 aromatic rings. The van der Waals surface area contributed by atoms with Crippen LogP contribution >= 0.6 is 0 Å². The van der Waals surface area contributed by atoms with Crippen molar-refractivity contribution >= 4 is 0 Å². The summed E-state index contributed by atoms with van der Waals surface area (Å²) in [6.45, 7) is 2.55. The summed E-state index contributed by atoms with van der Waals surface area (Å²) in [5.41, 5.74) is 5.51. The number of hydrogen-bond acceptors (Lipinski definition) is 3. The molecule has 0 amide bonds. The maximum Gasteiger partial charge on any atom is 0.126 e. The number of rotatable bonds is 5. The molecule has 1 aromatic carbocycles. The molecule has 4 heteroatoms. The number of hydrogen-bond donors (Lipinski definition) is 2. The molecule has 2 atom stereocenters. The summed E-state index contributed by atoms with van der Waals surface area (Å²) in [6, 6.07) is 4.74. The van der Waals surface area contributed by atoms with Crippen LogP contribution in [-0.2, 0) is 0 Å². The van der Waals surface area contributed by atoms with E-state index in [9.17, 15) is 9.50 Å². The summed E-state index contributed by atoms with van der Waals surface area (Å²) in [5.74, 6) is 0.660. The van der Waals surface area contributed by atoms with Gasteiger partial charge in [0.2, 0.25) is 0 Å². The van der Waals surface area contributed by atoms with Crippen LogP contribution in [0.3, 0.4) is 0 Å². The van der Waals surface area contributed by atoms with E-state index in [1.165, 1.54) is 6.07 Å². The predicted molar refractivity (Wildman–Crippen MR) is 72.6 cm³/mol. The minimum atomic E-state index is -0.720. The molecule has 1 aliphatic rings. The number of halogens is 1. The highest BCUT2D eigenvalue weighted by atomic mass is 19.1. The molecule has 0 radical (unpaired) electrons. The second-order valence-corrected chi connectivity index (χ2v) is 5.44. The number of nitrogens with two attached hydrogens (primary N) is 1. The Balaban J connectivity index is 1.85. The first-order valence-corrected chi connectivity index (χ1v) is 6.86. The molecule has 1 saturated carbocycles. The molecule has 0 aliphatic heterocycles. The lowest BCUT2D eigenvalue weighted by Gasteiger charge is -2.28. The SMILES string of the molecule is Cc1cc(OCCC2CCCC2(O)CN)ccc1F. The topological polar surface area (TPSA) is 55.5 Å². The fourth-order valence-corrected chi connectivity index (χ4v) is 2.84. The van der Waals surface area contributed by atoms with Crippen LogP contribution in [0.4, 0.5) is 4.39 Å². The van der Waals surface area contributed by atoms with Crippen molar-refractivity contribution in [2.24, 2.45) is 11.7 Å². The van der Waals surface area contributed by atoms with Gasteiger partial charge < -0.3 is 15.6 Å². The van der Waals surface area contributed by atoms with E-state index in [0.29, 0.717) is 24.5 Å². The van der Waals surface area contributed by atoms with Crippen molar-refractivity contribution in [2.45, 2.75) is 38.2 Å². The lowest BCUT2D eigenvalue weighted by atomic mass is 9.88. The molecule has 0 saturated heterocycles. The second kappa shape index (κ2) is 5.88. The standard InChI is InChI=1S/C15H22FNO2/c1-11-9-13(4-5-14(11)16)19-8-6-12-3-2-7-15(12,18)10-17/h4-5,9,12,18H,2-3,6-8,10,17H2,1H3. The summed E-state index contributed by atoms with van der Waals surface area (Å²) in [6.07, 6.45) is 3.58. The summed E-state index contributed by atoms with van der Waals surface area (Å²) >= 11 is 0. The van der Waals surface area contributed by atoms with Gasteiger partial charge in [0.25, 0.3) is 0 Å². The summed E-state index contributed by atoms with van der Waals surface area (Å²) < 4.78 is 18.7. The zero-order valence-electron chi connectivity index (χ0n) is 11.4. The van der Waals surface area contributed by atoms with Crippen molar-refractivity contribution in [3.8, 4) is 5.75 Å². The first kappa shape index (κ1) is 14.3. The first-order valence-electron chi connectivity index (χ1n) is 6.86. The summed E-state index contributed by atoms with van der Waals surface area (Å²) in [7, 11) is 0.